The summed E-state index contributed by atoms with van der Waals surface area (Å²) < 4.78 is 0. The maximum absolute atomic E-state index is 14.1. The fourth-order valence-corrected chi connectivity index (χ4v) is 9.62. The van der Waals surface area contributed by atoms with E-state index in [2.05, 4.69) is 31.2 Å². The average Bonchev–Trinajstić information content (AvgIpc) is 3.97. The van der Waals surface area contributed by atoms with Crippen molar-refractivity contribution in [2.45, 2.75) is 117 Å². The molecule has 4 unspecified atom stereocenters. The predicted molar refractivity (Wildman–Crippen MR) is 268 cm³/mol. The third-order valence-corrected chi connectivity index (χ3v) is 13.9. The third kappa shape index (κ3) is 15.1. The van der Waals surface area contributed by atoms with Gasteiger partial charge in [-0.2, -0.15) is 0 Å². The Morgan fingerprint density at radius 1 is 0.884 bits per heavy atom. The molecule has 0 radical (unpaired) electrons. The second kappa shape index (κ2) is 24.9. The summed E-state index contributed by atoms with van der Waals surface area (Å²) in [6, 6.07) is 16.1. The quantitative estimate of drug-likeness (QED) is 0.0476. The van der Waals surface area contributed by atoms with Gasteiger partial charge in [0.25, 0.3) is 11.8 Å². The van der Waals surface area contributed by atoms with Gasteiger partial charge in [-0.3, -0.25) is 33.8 Å². The molecule has 69 heavy (non-hydrogen) atoms. The van der Waals surface area contributed by atoms with Crippen molar-refractivity contribution in [1.82, 2.24) is 41.0 Å². The van der Waals surface area contributed by atoms with Crippen LogP contribution in [-0.4, -0.2) is 111 Å². The minimum Gasteiger partial charge on any atom is -0.391 e. The summed E-state index contributed by atoms with van der Waals surface area (Å²) in [6.07, 6.45) is 11.8. The summed E-state index contributed by atoms with van der Waals surface area (Å²) in [5.41, 5.74) is 5.86. The SMILES string of the molecule is Cc1ncsc1-c1ccc(C(C)NC(=O)C2CC(O)CN2C(=O)C(NC(=O)CCCCNC(=O)c2ccc(C(=O)N3CCC(CCCCNC(=O)C=Cc4cccnc4)CC3)cc2)C(C)(C)C)cc1. The van der Waals surface area contributed by atoms with E-state index in [1.807, 2.05) is 81.4 Å². The number of hydrogen-bond acceptors (Lipinski definition) is 10. The van der Waals surface area contributed by atoms with Gasteiger partial charge in [0.1, 0.15) is 12.1 Å². The van der Waals surface area contributed by atoms with Gasteiger partial charge in [0.15, 0.2) is 0 Å². The fourth-order valence-electron chi connectivity index (χ4n) is 8.81. The highest BCUT2D eigenvalue weighted by atomic mass is 32.1. The van der Waals surface area contributed by atoms with Crippen LogP contribution in [0.1, 0.15) is 129 Å². The van der Waals surface area contributed by atoms with E-state index in [1.54, 1.807) is 54.1 Å². The average molecular weight is 961 g/mol. The summed E-state index contributed by atoms with van der Waals surface area (Å²) in [6.45, 7) is 11.7. The smallest absolute Gasteiger partial charge is 0.253 e. The van der Waals surface area contributed by atoms with Crippen LogP contribution in [0.2, 0.25) is 0 Å². The van der Waals surface area contributed by atoms with E-state index in [9.17, 15) is 33.9 Å². The zero-order valence-corrected chi connectivity index (χ0v) is 41.4. The van der Waals surface area contributed by atoms with E-state index < -0.39 is 29.5 Å². The number of aromatic nitrogens is 2. The number of aliphatic hydroxyl groups is 1. The Kier molecular flexibility index (Phi) is 18.8. The van der Waals surface area contributed by atoms with Crippen molar-refractivity contribution in [1.29, 1.82) is 0 Å². The molecule has 2 aromatic carbocycles. The first-order valence-electron chi connectivity index (χ1n) is 24.2. The molecule has 0 spiro atoms. The summed E-state index contributed by atoms with van der Waals surface area (Å²) in [4.78, 5) is 92.1. The molecule has 2 aromatic heterocycles. The van der Waals surface area contributed by atoms with Crippen LogP contribution in [0.5, 0.6) is 0 Å². The second-order valence-electron chi connectivity index (χ2n) is 19.3. The second-order valence-corrected chi connectivity index (χ2v) is 20.2. The number of β-amino-alcohol motifs (C(OH)–C–C–N with tert-alkyl or cyclic N) is 1. The highest BCUT2D eigenvalue weighted by molar-refractivity contribution is 7.13. The van der Waals surface area contributed by atoms with E-state index in [0.29, 0.717) is 56.1 Å². The first-order valence-corrected chi connectivity index (χ1v) is 25.1. The number of piperidine rings is 1. The Labute approximate surface area is 410 Å². The fraction of sp³-hybridized carbons (Fsp3) is 0.472. The van der Waals surface area contributed by atoms with E-state index in [-0.39, 0.29) is 55.0 Å². The van der Waals surface area contributed by atoms with Crippen LogP contribution in [0, 0.1) is 18.3 Å². The number of carbonyl (C=O) groups excluding carboxylic acids is 6. The lowest BCUT2D eigenvalue weighted by molar-refractivity contribution is -0.144. The number of nitrogens with one attached hydrogen (secondary N) is 4. The molecule has 0 aliphatic carbocycles. The lowest BCUT2D eigenvalue weighted by atomic mass is 9.85. The highest BCUT2D eigenvalue weighted by Crippen LogP contribution is 2.30. The van der Waals surface area contributed by atoms with Crippen molar-refractivity contribution in [3.8, 4) is 10.4 Å². The molecular weight excluding hydrogens is 893 g/mol. The van der Waals surface area contributed by atoms with Crippen LogP contribution >= 0.6 is 11.3 Å². The molecule has 2 aliphatic heterocycles. The summed E-state index contributed by atoms with van der Waals surface area (Å²) in [7, 11) is 0. The van der Waals surface area contributed by atoms with Gasteiger partial charge < -0.3 is 36.2 Å². The van der Waals surface area contributed by atoms with E-state index in [0.717, 1.165) is 59.4 Å². The zero-order chi connectivity index (χ0) is 49.5. The first kappa shape index (κ1) is 52.1. The number of hydrogen-bond donors (Lipinski definition) is 5. The topological polar surface area (TPSA) is 203 Å². The van der Waals surface area contributed by atoms with Gasteiger partial charge in [0.05, 0.1) is 28.2 Å². The van der Waals surface area contributed by atoms with Gasteiger partial charge >= 0.3 is 0 Å². The van der Waals surface area contributed by atoms with Gasteiger partial charge in [-0.05, 0) is 110 Å². The molecule has 2 saturated heterocycles. The number of thiazole rings is 1. The summed E-state index contributed by atoms with van der Waals surface area (Å²) in [5.74, 6) is -1.04. The number of nitrogens with zero attached hydrogens (tertiary/aromatic N) is 4. The Balaban J connectivity index is 0.869. The van der Waals surface area contributed by atoms with Crippen molar-refractivity contribution in [3.05, 3.63) is 113 Å². The molecule has 2 aliphatic rings. The summed E-state index contributed by atoms with van der Waals surface area (Å²) in [5, 5.41) is 22.4. The minimum atomic E-state index is -0.942. The van der Waals surface area contributed by atoms with E-state index in [1.165, 1.54) is 11.0 Å². The van der Waals surface area contributed by atoms with Gasteiger partial charge in [0, 0.05) is 75.2 Å². The van der Waals surface area contributed by atoms with Gasteiger partial charge in [-0.15, -0.1) is 11.3 Å². The monoisotopic (exact) mass is 960 g/mol. The van der Waals surface area contributed by atoms with Gasteiger partial charge in [0.2, 0.25) is 23.6 Å². The lowest BCUT2D eigenvalue weighted by Gasteiger charge is -2.35. The third-order valence-electron chi connectivity index (χ3n) is 12.9. The number of aryl methyl sites for hydroxylation is 1. The largest absolute Gasteiger partial charge is 0.391 e. The van der Waals surface area contributed by atoms with Gasteiger partial charge in [-0.1, -0.05) is 63.9 Å². The number of benzene rings is 2. The Morgan fingerprint density at radius 3 is 2.25 bits per heavy atom. The van der Waals surface area contributed by atoms with Crippen LogP contribution in [0.15, 0.2) is 84.6 Å². The minimum absolute atomic E-state index is 0.0193. The van der Waals surface area contributed by atoms with Crippen LogP contribution in [0.3, 0.4) is 0 Å². The number of unbranched alkanes of at least 4 members (excludes halogenated alkanes) is 2. The Morgan fingerprint density at radius 2 is 1.58 bits per heavy atom. The number of aliphatic hydroxyl groups excluding tert-OH is 1. The Hall–Kier alpha value is -6.26. The zero-order valence-electron chi connectivity index (χ0n) is 40.5. The van der Waals surface area contributed by atoms with Crippen LogP contribution in [0.4, 0.5) is 0 Å². The number of carbonyl (C=O) groups is 6. The molecule has 16 heteroatoms. The van der Waals surface area contributed by atoms with Crippen molar-refractivity contribution in [2.75, 3.05) is 32.7 Å². The maximum Gasteiger partial charge on any atom is 0.253 e. The number of amides is 6. The molecule has 4 aromatic rings. The standard InChI is InChI=1S/C53H68N8O7S/c1-35(39-15-17-40(18-16-39)47-36(2)57-34-69-47)58-50(66)44-31-43(62)33-61(44)52(68)48(53(3,4)5)59-46(64)13-7-9-28-56-49(65)41-19-21-42(22-20-41)51(67)60-29-24-37(25-30-60)11-6-8-27-55-45(63)23-14-38-12-10-26-54-32-38/h10,12,14-23,26,32,34-35,37,43-44,48,62H,6-9,11,13,24-25,27-31,33H2,1-5H3,(H,55,63)(H,56,65)(H,58,66)(H,59,64). The van der Waals surface area contributed by atoms with Gasteiger partial charge in [-0.25, -0.2) is 4.98 Å². The molecule has 6 amide bonds. The molecule has 4 atom stereocenters. The molecule has 4 heterocycles. The van der Waals surface area contributed by atoms with Crippen molar-refractivity contribution in [2.24, 2.45) is 11.3 Å². The molecule has 0 saturated carbocycles. The van der Waals surface area contributed by atoms with Crippen molar-refractivity contribution >= 4 is 52.9 Å². The van der Waals surface area contributed by atoms with Crippen LogP contribution < -0.4 is 21.3 Å². The van der Waals surface area contributed by atoms with Crippen molar-refractivity contribution < 1.29 is 33.9 Å². The lowest BCUT2D eigenvalue weighted by Crippen LogP contribution is -2.57. The predicted octanol–water partition coefficient (Wildman–Crippen LogP) is 6.64. The normalized spacial score (nSPS) is 17.3. The van der Waals surface area contributed by atoms with Crippen molar-refractivity contribution in [3.63, 3.8) is 0 Å². The van der Waals surface area contributed by atoms with Crippen LogP contribution in [0.25, 0.3) is 16.5 Å². The molecular formula is C53H68N8O7S. The Bertz CT molecular complexity index is 2390. The molecule has 15 nitrogen and oxygen atoms in total. The van der Waals surface area contributed by atoms with Crippen LogP contribution in [-0.2, 0) is 19.2 Å². The number of rotatable bonds is 20. The summed E-state index contributed by atoms with van der Waals surface area (Å²) >= 11 is 1.57. The molecule has 368 valence electrons. The molecule has 6 rings (SSSR count). The first-order chi connectivity index (χ1) is 33.1. The molecule has 2 fully saturated rings. The maximum atomic E-state index is 14.1. The highest BCUT2D eigenvalue weighted by Gasteiger charge is 2.44. The van der Waals surface area contributed by atoms with E-state index >= 15 is 0 Å². The number of likely N-dealkylation sites (tertiary alicyclic amines) is 2. The molecule has 5 N–H and O–H groups in total. The van der Waals surface area contributed by atoms with E-state index in [4.69, 9.17) is 0 Å². The molecule has 0 bridgehead atoms. The number of pyridine rings is 1.